The molecule has 1 aromatic carbocycles. The Morgan fingerprint density at radius 2 is 1.27 bits per heavy atom. The highest BCUT2D eigenvalue weighted by atomic mass is 32.1. The fourth-order valence-electron chi connectivity index (χ4n) is 10.3. The number of aryl methyl sites for hydroxylation is 3. The van der Waals surface area contributed by atoms with Crippen molar-refractivity contribution in [3.05, 3.63) is 111 Å². The van der Waals surface area contributed by atoms with E-state index in [1.54, 1.807) is 50.4 Å². The number of nitrogens with one attached hydrogen (secondary N) is 3. The van der Waals surface area contributed by atoms with E-state index < -0.39 is 54.0 Å². The molecule has 10 aromatic rings. The first kappa shape index (κ1) is 66.0. The molecule has 8 N–H and O–H groups in total. The van der Waals surface area contributed by atoms with Crippen LogP contribution in [0.3, 0.4) is 0 Å². The molecule has 0 unspecified atom stereocenters. The number of aliphatic carboxylic acids is 1. The summed E-state index contributed by atoms with van der Waals surface area (Å²) < 4.78 is 47.4. The van der Waals surface area contributed by atoms with Gasteiger partial charge in [-0.1, -0.05) is 70.9 Å². The number of aromatic nitrogens is 9. The molecule has 32 heteroatoms. The zero-order valence-electron chi connectivity index (χ0n) is 53.4. The summed E-state index contributed by atoms with van der Waals surface area (Å²) in [5.74, 6) is -1.39. The van der Waals surface area contributed by atoms with Crippen LogP contribution in [0.1, 0.15) is 122 Å². The minimum absolute atomic E-state index is 0.0200. The fraction of sp³-hybridized carbons (Fsp3) is 0.381. The Morgan fingerprint density at radius 3 is 1.93 bits per heavy atom. The summed E-state index contributed by atoms with van der Waals surface area (Å²) in [6, 6.07) is 4.97. The largest absolute Gasteiger partial charge is 0.480 e. The van der Waals surface area contributed by atoms with Gasteiger partial charge in [-0.25, -0.2) is 54.6 Å². The second-order valence-corrected chi connectivity index (χ2v) is 24.7. The molecule has 11 rings (SSSR count). The number of carboxylic acids is 1. The Labute approximate surface area is 550 Å². The number of nitrogens with zero attached hydrogens (tertiary/aromatic N) is 12. The number of amides is 3. The Kier molecular flexibility index (Phi) is 19.7. The number of guanidine groups is 1. The molecular formula is C63H69N17O13S2. The lowest BCUT2D eigenvalue weighted by Crippen LogP contribution is -2.51. The summed E-state index contributed by atoms with van der Waals surface area (Å²) in [7, 11) is 4.00. The summed E-state index contributed by atoms with van der Waals surface area (Å²) in [6.45, 7) is 14.9. The molecule has 0 fully saturated rings. The van der Waals surface area contributed by atoms with Crippen LogP contribution < -0.4 is 27.4 Å². The van der Waals surface area contributed by atoms with Crippen molar-refractivity contribution in [1.82, 2.24) is 65.7 Å². The van der Waals surface area contributed by atoms with Gasteiger partial charge in [-0.05, 0) is 72.0 Å². The molecule has 0 aliphatic carbocycles. The van der Waals surface area contributed by atoms with Crippen LogP contribution in [0.2, 0.25) is 0 Å². The number of aliphatic imine (C=N–C) groups is 2. The smallest absolute Gasteiger partial charge is 0.326 e. The van der Waals surface area contributed by atoms with Crippen molar-refractivity contribution in [2.24, 2.45) is 33.3 Å². The SMILES string of the molecule is CC[C@H](C)[C@H](NC(=O)c1nc(-c2nc(-c3csc(-c4nc(-c5csc([C@H](CCCN=C(N)N)N(C)C)n5)oc4C)n3)oc2C)oc1C)C(=O)N[C@H](c1nc(-c2nc(-c3nc(-c4nc(C5=N[C@H](C(=O)N[C@@H](Cc6ccccc6)C(=O)O)[C@@H](C)O5)co4)co3)co2)co1)[C@@H](C)CC. The Balaban J connectivity index is 0.718. The third-order valence-electron chi connectivity index (χ3n) is 15.9. The molecular weight excluding hydrogens is 1270 g/mol. The van der Waals surface area contributed by atoms with Gasteiger partial charge < -0.3 is 73.1 Å². The molecule has 0 spiro atoms. The predicted molar refractivity (Wildman–Crippen MR) is 345 cm³/mol. The number of ether oxygens (including phenoxy) is 1. The molecule has 8 atom stereocenters. The van der Waals surface area contributed by atoms with Crippen LogP contribution in [0.4, 0.5) is 0 Å². The number of carbonyl (C=O) groups is 4. The fourth-order valence-corrected chi connectivity index (χ4v) is 12.1. The van der Waals surface area contributed by atoms with Crippen LogP contribution in [-0.4, -0.2) is 135 Å². The van der Waals surface area contributed by atoms with E-state index in [0.29, 0.717) is 58.9 Å². The summed E-state index contributed by atoms with van der Waals surface area (Å²) >= 11 is 2.86. The minimum Gasteiger partial charge on any atom is -0.480 e. The van der Waals surface area contributed by atoms with Gasteiger partial charge in [0.15, 0.2) is 46.2 Å². The van der Waals surface area contributed by atoms with Gasteiger partial charge in [-0.2, -0.15) is 0 Å². The zero-order valence-corrected chi connectivity index (χ0v) is 55.0. The number of thiazole rings is 2. The Bertz CT molecular complexity index is 4430. The van der Waals surface area contributed by atoms with Gasteiger partial charge in [-0.3, -0.25) is 19.4 Å². The number of nitrogens with two attached hydrogens (primary N) is 2. The van der Waals surface area contributed by atoms with Crippen molar-refractivity contribution in [2.45, 2.75) is 124 Å². The van der Waals surface area contributed by atoms with Gasteiger partial charge >= 0.3 is 5.97 Å². The number of carboxylic acid groups (broad SMARTS) is 1. The van der Waals surface area contributed by atoms with E-state index in [2.05, 4.69) is 55.8 Å². The van der Waals surface area contributed by atoms with Crippen molar-refractivity contribution >= 4 is 58.2 Å². The second kappa shape index (κ2) is 28.4. The molecule has 1 aliphatic rings. The number of hydrogen-bond donors (Lipinski definition) is 6. The highest BCUT2D eigenvalue weighted by molar-refractivity contribution is 7.13. The van der Waals surface area contributed by atoms with Gasteiger partial charge in [-0.15, -0.1) is 22.7 Å². The normalized spacial score (nSPS) is 15.8. The molecule has 0 bridgehead atoms. The maximum Gasteiger partial charge on any atom is 0.326 e. The summed E-state index contributed by atoms with van der Waals surface area (Å²) in [5, 5.41) is 23.6. The maximum absolute atomic E-state index is 14.4. The van der Waals surface area contributed by atoms with E-state index in [4.69, 9.17) is 67.1 Å². The monoisotopic (exact) mass is 1340 g/mol. The van der Waals surface area contributed by atoms with E-state index in [0.717, 1.165) is 23.4 Å². The highest BCUT2D eigenvalue weighted by Gasteiger charge is 2.38. The third-order valence-corrected chi connectivity index (χ3v) is 17.7. The molecule has 496 valence electrons. The lowest BCUT2D eigenvalue weighted by molar-refractivity contribution is -0.142. The molecule has 3 amide bonds. The lowest BCUT2D eigenvalue weighted by Gasteiger charge is -2.27. The van der Waals surface area contributed by atoms with Gasteiger partial charge in [0.25, 0.3) is 5.91 Å². The third kappa shape index (κ3) is 14.7. The molecule has 0 saturated heterocycles. The molecule has 9 aromatic heterocycles. The first-order valence-electron chi connectivity index (χ1n) is 30.5. The van der Waals surface area contributed by atoms with E-state index in [9.17, 15) is 24.3 Å². The van der Waals surface area contributed by atoms with Gasteiger partial charge in [0.2, 0.25) is 58.9 Å². The van der Waals surface area contributed by atoms with Crippen molar-refractivity contribution in [3.63, 3.8) is 0 Å². The zero-order chi connectivity index (χ0) is 67.4. The first-order valence-corrected chi connectivity index (χ1v) is 32.2. The second-order valence-electron chi connectivity index (χ2n) is 23.0. The molecule has 10 heterocycles. The minimum atomic E-state index is -1.19. The summed E-state index contributed by atoms with van der Waals surface area (Å²) in [4.78, 5) is 107. The quantitative estimate of drug-likeness (QED) is 0.0151. The van der Waals surface area contributed by atoms with Gasteiger partial charge in [0, 0.05) is 23.7 Å². The van der Waals surface area contributed by atoms with Crippen LogP contribution in [0.25, 0.3) is 80.2 Å². The molecule has 30 nitrogen and oxygen atoms in total. The molecule has 0 saturated carbocycles. The molecule has 1 aliphatic heterocycles. The Hall–Kier alpha value is -10.5. The number of oxazole rings is 7. The van der Waals surface area contributed by atoms with Crippen molar-refractivity contribution in [3.8, 4) is 80.2 Å². The highest BCUT2D eigenvalue weighted by Crippen LogP contribution is 2.38. The Morgan fingerprint density at radius 1 is 0.674 bits per heavy atom. The average Bonchev–Trinajstić information content (AvgIpc) is 1.66. The van der Waals surface area contributed by atoms with Crippen LogP contribution in [0, 0.1) is 32.6 Å². The number of rotatable bonds is 28. The first-order chi connectivity index (χ1) is 45.6. The van der Waals surface area contributed by atoms with Crippen LogP contribution in [0.15, 0.2) is 107 Å². The molecule has 0 radical (unpaired) electrons. The average molecular weight is 1340 g/mol. The predicted octanol–water partition coefficient (Wildman–Crippen LogP) is 9.16. The van der Waals surface area contributed by atoms with Gasteiger partial charge in [0.1, 0.15) is 93.7 Å². The van der Waals surface area contributed by atoms with Crippen LogP contribution in [-0.2, 0) is 25.5 Å². The maximum atomic E-state index is 14.4. The molecule has 95 heavy (non-hydrogen) atoms. The summed E-state index contributed by atoms with van der Waals surface area (Å²) in [6.07, 6.45) is 7.32. The van der Waals surface area contributed by atoms with Gasteiger partial charge in [0.05, 0.1) is 6.04 Å². The van der Waals surface area contributed by atoms with E-state index in [1.807, 2.05) is 60.2 Å². The lowest BCUT2D eigenvalue weighted by atomic mass is 9.95. The summed E-state index contributed by atoms with van der Waals surface area (Å²) in [5.41, 5.74) is 14.3. The topological polar surface area (TPSA) is 422 Å². The van der Waals surface area contributed by atoms with Crippen molar-refractivity contribution < 1.29 is 59.9 Å². The van der Waals surface area contributed by atoms with Crippen LogP contribution >= 0.6 is 22.7 Å². The van der Waals surface area contributed by atoms with E-state index in [-0.39, 0.29) is 111 Å². The van der Waals surface area contributed by atoms with Crippen molar-refractivity contribution in [1.29, 1.82) is 0 Å². The van der Waals surface area contributed by atoms with E-state index in [1.165, 1.54) is 47.7 Å². The standard InChI is InChI=1S/C63H69N17O13S2/c1-11-28(3)43(74-51(83)46-31(6)93-59(77-46)47-32(7)91-56(78-47)41-27-95-61(73-41)48-33(8)92-57(79-48)40-26-94-60(72-40)42(80(9)10)19-16-20-66-63(64)65)49(81)75-44(29(4)12-2)58-71-38(24-89-58)54-69-36(22-87-54)52-68-37(23-86-52)53-70-39(25-88-53)55-76-45(30(5)90-55)50(82)67-35(62(84)85)21-34-17-14-13-15-18-34/h13-15,17-18,22-30,35,42-45H,11-12,16,19-21H2,1-10H3,(H,67,82)(H,74,83)(H,75,81)(H,84,85)(H4,64,65,66)/t28-,29-,30+,35-,42-,43-,44-,45-/m0/s1. The number of hydrogen-bond acceptors (Lipinski definition) is 26. The van der Waals surface area contributed by atoms with E-state index >= 15 is 0 Å². The van der Waals surface area contributed by atoms with Crippen molar-refractivity contribution in [2.75, 3.05) is 20.6 Å². The number of carbonyl (C=O) groups excluding carboxylic acids is 3. The van der Waals surface area contributed by atoms with Crippen LogP contribution in [0.5, 0.6) is 0 Å². The number of benzene rings is 1.